The predicted molar refractivity (Wildman–Crippen MR) is 80.1 cm³/mol. The summed E-state index contributed by atoms with van der Waals surface area (Å²) in [4.78, 5) is 11.6. The second-order valence-electron chi connectivity index (χ2n) is 6.03. The normalized spacial score (nSPS) is 15.8. The first kappa shape index (κ1) is 16.5. The van der Waals surface area contributed by atoms with Gasteiger partial charge in [0.1, 0.15) is 0 Å². The average molecular weight is 268 g/mol. The van der Waals surface area contributed by atoms with Gasteiger partial charge >= 0.3 is 5.97 Å². The number of carbonyl (C=O) groups excluding carboxylic acids is 1. The van der Waals surface area contributed by atoms with Crippen molar-refractivity contribution in [3.05, 3.63) is 0 Å². The van der Waals surface area contributed by atoms with Crippen LogP contribution in [0.5, 0.6) is 0 Å². The quantitative estimate of drug-likeness (QED) is 0.378. The van der Waals surface area contributed by atoms with Crippen LogP contribution in [0.4, 0.5) is 0 Å². The number of ether oxygens (including phenoxy) is 1. The van der Waals surface area contributed by atoms with Gasteiger partial charge in [0.05, 0.1) is 6.61 Å². The monoisotopic (exact) mass is 268 g/mol. The molecule has 0 unspecified atom stereocenters. The second-order valence-corrected chi connectivity index (χ2v) is 6.03. The highest BCUT2D eigenvalue weighted by Crippen LogP contribution is 2.28. The van der Waals surface area contributed by atoms with Crippen LogP contribution in [0.15, 0.2) is 0 Å². The van der Waals surface area contributed by atoms with Gasteiger partial charge in [-0.25, -0.2) is 0 Å². The molecule has 0 radical (unpaired) electrons. The van der Waals surface area contributed by atoms with Crippen molar-refractivity contribution in [1.82, 2.24) is 0 Å². The lowest BCUT2D eigenvalue weighted by atomic mass is 10.0. The topological polar surface area (TPSA) is 26.3 Å². The molecule has 19 heavy (non-hydrogen) atoms. The third kappa shape index (κ3) is 9.07. The fourth-order valence-electron chi connectivity index (χ4n) is 2.94. The van der Waals surface area contributed by atoms with E-state index >= 15 is 0 Å². The van der Waals surface area contributed by atoms with Crippen molar-refractivity contribution in [1.29, 1.82) is 0 Å². The summed E-state index contributed by atoms with van der Waals surface area (Å²) in [6.45, 7) is 2.88. The Kier molecular flexibility index (Phi) is 9.84. The van der Waals surface area contributed by atoms with Crippen LogP contribution < -0.4 is 0 Å². The summed E-state index contributed by atoms with van der Waals surface area (Å²) in [6.07, 6.45) is 16.0. The molecule has 0 saturated heterocycles. The van der Waals surface area contributed by atoms with Crippen LogP contribution in [0, 0.1) is 5.92 Å². The lowest BCUT2D eigenvalue weighted by Gasteiger charge is -2.08. The summed E-state index contributed by atoms with van der Waals surface area (Å²) >= 11 is 0. The lowest BCUT2D eigenvalue weighted by Crippen LogP contribution is -2.07. The highest BCUT2D eigenvalue weighted by Gasteiger charge is 2.16. The van der Waals surface area contributed by atoms with Gasteiger partial charge in [-0.1, -0.05) is 71.1 Å². The van der Waals surface area contributed by atoms with E-state index in [-0.39, 0.29) is 5.97 Å². The molecule has 1 aliphatic rings. The molecule has 0 N–H and O–H groups in total. The molecule has 0 atom stereocenters. The highest BCUT2D eigenvalue weighted by atomic mass is 16.5. The van der Waals surface area contributed by atoms with Crippen molar-refractivity contribution in [3.63, 3.8) is 0 Å². The van der Waals surface area contributed by atoms with Gasteiger partial charge in [-0.2, -0.15) is 0 Å². The number of hydrogen-bond donors (Lipinski definition) is 0. The standard InChI is InChI=1S/C17H32O2/c1-2-3-4-5-6-7-10-15-19-17(18)14-13-16-11-8-9-12-16/h16H,2-15H2,1H3. The summed E-state index contributed by atoms with van der Waals surface area (Å²) in [5, 5.41) is 0. The molecule has 0 aliphatic heterocycles. The zero-order chi connectivity index (χ0) is 13.8. The van der Waals surface area contributed by atoms with Crippen LogP contribution in [0.2, 0.25) is 0 Å². The maximum atomic E-state index is 11.6. The fraction of sp³-hybridized carbons (Fsp3) is 0.941. The maximum Gasteiger partial charge on any atom is 0.305 e. The van der Waals surface area contributed by atoms with Crippen molar-refractivity contribution in [2.24, 2.45) is 5.92 Å². The molecule has 2 nitrogen and oxygen atoms in total. The molecule has 0 spiro atoms. The highest BCUT2D eigenvalue weighted by molar-refractivity contribution is 5.69. The Morgan fingerprint density at radius 3 is 2.32 bits per heavy atom. The first-order valence-electron chi connectivity index (χ1n) is 8.48. The molecule has 0 amide bonds. The molecule has 1 saturated carbocycles. The minimum Gasteiger partial charge on any atom is -0.466 e. The van der Waals surface area contributed by atoms with Gasteiger partial charge in [0.2, 0.25) is 0 Å². The van der Waals surface area contributed by atoms with Crippen LogP contribution in [0.3, 0.4) is 0 Å². The first-order chi connectivity index (χ1) is 9.33. The predicted octanol–water partition coefficient (Wildman–Crippen LogP) is 5.25. The Morgan fingerprint density at radius 1 is 1.00 bits per heavy atom. The van der Waals surface area contributed by atoms with Gasteiger partial charge in [0, 0.05) is 6.42 Å². The van der Waals surface area contributed by atoms with E-state index in [2.05, 4.69) is 6.92 Å². The van der Waals surface area contributed by atoms with E-state index < -0.39 is 0 Å². The largest absolute Gasteiger partial charge is 0.466 e. The Labute approximate surface area is 119 Å². The SMILES string of the molecule is CCCCCCCCCOC(=O)CCC1CCCC1. The third-order valence-corrected chi connectivity index (χ3v) is 4.24. The van der Waals surface area contributed by atoms with Crippen molar-refractivity contribution >= 4 is 5.97 Å². The third-order valence-electron chi connectivity index (χ3n) is 4.24. The summed E-state index contributed by atoms with van der Waals surface area (Å²) in [5.74, 6) is 0.823. The molecule has 2 heteroatoms. The molecular weight excluding hydrogens is 236 g/mol. The molecule has 0 aromatic heterocycles. The summed E-state index contributed by atoms with van der Waals surface area (Å²) in [7, 11) is 0. The Bertz CT molecular complexity index is 219. The van der Waals surface area contributed by atoms with E-state index in [1.807, 2.05) is 0 Å². The van der Waals surface area contributed by atoms with Gasteiger partial charge in [-0.15, -0.1) is 0 Å². The van der Waals surface area contributed by atoms with Crippen molar-refractivity contribution in [3.8, 4) is 0 Å². The Balaban J connectivity index is 1.81. The van der Waals surface area contributed by atoms with E-state index in [9.17, 15) is 4.79 Å². The lowest BCUT2D eigenvalue weighted by molar-refractivity contribution is -0.144. The van der Waals surface area contributed by atoms with Crippen LogP contribution >= 0.6 is 0 Å². The average Bonchev–Trinajstić information content (AvgIpc) is 2.93. The van der Waals surface area contributed by atoms with Crippen LogP contribution in [-0.4, -0.2) is 12.6 Å². The second kappa shape index (κ2) is 11.3. The minimum absolute atomic E-state index is 0.0258. The van der Waals surface area contributed by atoms with Gasteiger partial charge in [0.15, 0.2) is 0 Å². The zero-order valence-corrected chi connectivity index (χ0v) is 12.8. The molecule has 0 aromatic carbocycles. The molecular formula is C17H32O2. The number of rotatable bonds is 11. The van der Waals surface area contributed by atoms with Crippen LogP contribution in [0.1, 0.15) is 90.4 Å². The molecule has 0 aromatic rings. The molecule has 1 rings (SSSR count). The number of esters is 1. The van der Waals surface area contributed by atoms with Crippen LogP contribution in [-0.2, 0) is 9.53 Å². The summed E-state index contributed by atoms with van der Waals surface area (Å²) in [5.41, 5.74) is 0. The summed E-state index contributed by atoms with van der Waals surface area (Å²) < 4.78 is 5.29. The van der Waals surface area contributed by atoms with Gasteiger partial charge in [-0.05, 0) is 18.8 Å². The smallest absolute Gasteiger partial charge is 0.305 e. The van der Waals surface area contributed by atoms with E-state index in [0.29, 0.717) is 13.0 Å². The fourth-order valence-corrected chi connectivity index (χ4v) is 2.94. The van der Waals surface area contributed by atoms with E-state index in [1.165, 1.54) is 64.2 Å². The van der Waals surface area contributed by atoms with Crippen molar-refractivity contribution in [2.45, 2.75) is 90.4 Å². The number of hydrogen-bond acceptors (Lipinski definition) is 2. The van der Waals surface area contributed by atoms with Crippen LogP contribution in [0.25, 0.3) is 0 Å². The van der Waals surface area contributed by atoms with Gasteiger partial charge in [0.25, 0.3) is 0 Å². The maximum absolute atomic E-state index is 11.6. The van der Waals surface area contributed by atoms with E-state index in [4.69, 9.17) is 4.74 Å². The molecule has 112 valence electrons. The Morgan fingerprint density at radius 2 is 1.63 bits per heavy atom. The number of unbranched alkanes of at least 4 members (excludes halogenated alkanes) is 6. The van der Waals surface area contributed by atoms with E-state index in [0.717, 1.165) is 18.8 Å². The Hall–Kier alpha value is -0.530. The summed E-state index contributed by atoms with van der Waals surface area (Å²) in [6, 6.07) is 0. The number of carbonyl (C=O) groups is 1. The van der Waals surface area contributed by atoms with Crippen molar-refractivity contribution in [2.75, 3.05) is 6.61 Å². The molecule has 1 fully saturated rings. The van der Waals surface area contributed by atoms with Gasteiger partial charge < -0.3 is 4.74 Å². The first-order valence-corrected chi connectivity index (χ1v) is 8.48. The molecule has 0 bridgehead atoms. The molecule has 0 heterocycles. The minimum atomic E-state index is 0.0258. The van der Waals surface area contributed by atoms with E-state index in [1.54, 1.807) is 0 Å². The van der Waals surface area contributed by atoms with Gasteiger partial charge in [-0.3, -0.25) is 4.79 Å². The molecule has 1 aliphatic carbocycles. The zero-order valence-electron chi connectivity index (χ0n) is 12.8. The van der Waals surface area contributed by atoms with Crippen molar-refractivity contribution < 1.29 is 9.53 Å².